The van der Waals surface area contributed by atoms with Crippen LogP contribution in [0, 0.1) is 0 Å². The van der Waals surface area contributed by atoms with Gasteiger partial charge in [0.2, 0.25) is 0 Å². The fourth-order valence-electron chi connectivity index (χ4n) is 6.80. The Balaban J connectivity index is 1.31. The molecule has 0 saturated carbocycles. The zero-order valence-corrected chi connectivity index (χ0v) is 23.9. The molecule has 0 bridgehead atoms. The van der Waals surface area contributed by atoms with Crippen molar-refractivity contribution in [2.75, 3.05) is 4.90 Å². The summed E-state index contributed by atoms with van der Waals surface area (Å²) in [5.74, 6) is 0. The Morgan fingerprint density at radius 2 is 1.00 bits per heavy atom. The van der Waals surface area contributed by atoms with Gasteiger partial charge in [0.25, 0.3) is 0 Å². The maximum Gasteiger partial charge on any atom is 0.143 e. The number of para-hydroxylation sites is 3. The van der Waals surface area contributed by atoms with E-state index in [1.54, 1.807) is 0 Å². The minimum atomic E-state index is 0.912. The SMILES string of the molecule is c1ccc(-c2cccc(N3c4ccccc4-c4ccccc4-c4cc(-c5cccc6c5oc5ccccc56)ccc43)c2)cc1. The van der Waals surface area contributed by atoms with E-state index in [1.165, 1.54) is 33.4 Å². The predicted molar refractivity (Wildman–Crippen MR) is 184 cm³/mol. The van der Waals surface area contributed by atoms with E-state index in [4.69, 9.17) is 4.42 Å². The lowest BCUT2D eigenvalue weighted by atomic mass is 9.92. The average molecular weight is 562 g/mol. The lowest BCUT2D eigenvalue weighted by molar-refractivity contribution is 0.670. The number of hydrogen-bond acceptors (Lipinski definition) is 2. The summed E-state index contributed by atoms with van der Waals surface area (Å²) in [6.07, 6.45) is 0. The van der Waals surface area contributed by atoms with E-state index in [-0.39, 0.29) is 0 Å². The average Bonchev–Trinajstić information content (AvgIpc) is 3.43. The zero-order valence-electron chi connectivity index (χ0n) is 23.9. The van der Waals surface area contributed by atoms with Gasteiger partial charge >= 0.3 is 0 Å². The van der Waals surface area contributed by atoms with Gasteiger partial charge in [-0.1, -0.05) is 127 Å². The van der Waals surface area contributed by atoms with Gasteiger partial charge in [-0.2, -0.15) is 0 Å². The second kappa shape index (κ2) is 9.86. The molecule has 0 aliphatic carbocycles. The molecule has 1 aliphatic rings. The summed E-state index contributed by atoms with van der Waals surface area (Å²) in [7, 11) is 0. The maximum atomic E-state index is 6.46. The van der Waals surface area contributed by atoms with E-state index in [0.717, 1.165) is 50.1 Å². The van der Waals surface area contributed by atoms with Crippen molar-refractivity contribution in [1.29, 1.82) is 0 Å². The van der Waals surface area contributed by atoms with Crippen LogP contribution >= 0.6 is 0 Å². The fourth-order valence-corrected chi connectivity index (χ4v) is 6.80. The Morgan fingerprint density at radius 3 is 1.89 bits per heavy atom. The molecule has 0 unspecified atom stereocenters. The van der Waals surface area contributed by atoms with Crippen LogP contribution in [0.3, 0.4) is 0 Å². The second-order valence-electron chi connectivity index (χ2n) is 11.3. The van der Waals surface area contributed by atoms with Crippen LogP contribution in [0.1, 0.15) is 0 Å². The largest absolute Gasteiger partial charge is 0.455 e. The topological polar surface area (TPSA) is 16.4 Å². The first-order valence-corrected chi connectivity index (χ1v) is 15.0. The Bertz CT molecular complexity index is 2350. The highest BCUT2D eigenvalue weighted by Crippen LogP contribution is 2.52. The number of rotatable bonds is 3. The summed E-state index contributed by atoms with van der Waals surface area (Å²) in [5, 5.41) is 2.28. The molecule has 0 saturated heterocycles. The van der Waals surface area contributed by atoms with Gasteiger partial charge in [-0.3, -0.25) is 0 Å². The van der Waals surface area contributed by atoms with Gasteiger partial charge < -0.3 is 9.32 Å². The first kappa shape index (κ1) is 24.7. The number of nitrogens with zero attached hydrogens (tertiary/aromatic N) is 1. The molecule has 0 N–H and O–H groups in total. The highest BCUT2D eigenvalue weighted by atomic mass is 16.3. The Hall–Kier alpha value is -5.86. The Labute approximate surface area is 256 Å². The summed E-state index contributed by atoms with van der Waals surface area (Å²) in [6.45, 7) is 0. The standard InChI is InChI=1S/C42H27NO/c1-2-12-28(13-3-1)29-14-10-15-31(26-29)43-39-22-8-6-18-35(39)33-16-4-5-17-34(33)38-27-30(24-25-40(38)43)32-20-11-21-37-36-19-7-9-23-41(36)44-42(32)37/h1-27H. The van der Waals surface area contributed by atoms with E-state index in [2.05, 4.69) is 157 Å². The third-order valence-electron chi connectivity index (χ3n) is 8.82. The molecule has 206 valence electrons. The molecule has 0 amide bonds. The molecule has 0 fully saturated rings. The van der Waals surface area contributed by atoms with Crippen molar-refractivity contribution in [2.45, 2.75) is 0 Å². The molecule has 0 radical (unpaired) electrons. The quantitative estimate of drug-likeness (QED) is 0.213. The van der Waals surface area contributed by atoms with Crippen molar-refractivity contribution in [3.05, 3.63) is 164 Å². The van der Waals surface area contributed by atoms with Crippen LogP contribution in [0.25, 0.3) is 66.4 Å². The van der Waals surface area contributed by atoms with Crippen molar-refractivity contribution < 1.29 is 4.42 Å². The van der Waals surface area contributed by atoms with Crippen molar-refractivity contribution in [3.63, 3.8) is 0 Å². The van der Waals surface area contributed by atoms with Crippen LogP contribution < -0.4 is 4.90 Å². The van der Waals surface area contributed by atoms with Crippen molar-refractivity contribution in [2.24, 2.45) is 0 Å². The molecule has 9 rings (SSSR count). The molecule has 1 aromatic heterocycles. The third kappa shape index (κ3) is 3.82. The van der Waals surface area contributed by atoms with Gasteiger partial charge in [-0.05, 0) is 64.2 Å². The van der Waals surface area contributed by atoms with Gasteiger partial charge in [-0.15, -0.1) is 0 Å². The Kier molecular flexibility index (Phi) is 5.54. The minimum Gasteiger partial charge on any atom is -0.455 e. The minimum absolute atomic E-state index is 0.912. The molecule has 7 aromatic carbocycles. The third-order valence-corrected chi connectivity index (χ3v) is 8.82. The lowest BCUT2D eigenvalue weighted by Crippen LogP contribution is -2.11. The van der Waals surface area contributed by atoms with E-state index in [1.807, 2.05) is 12.1 Å². The van der Waals surface area contributed by atoms with E-state index in [9.17, 15) is 0 Å². The van der Waals surface area contributed by atoms with Gasteiger partial charge in [0.15, 0.2) is 0 Å². The maximum absolute atomic E-state index is 6.46. The van der Waals surface area contributed by atoms with Gasteiger partial charge in [0, 0.05) is 33.2 Å². The van der Waals surface area contributed by atoms with Crippen LogP contribution in [0.4, 0.5) is 17.1 Å². The first-order valence-electron chi connectivity index (χ1n) is 15.0. The van der Waals surface area contributed by atoms with Crippen LogP contribution in [-0.2, 0) is 0 Å². The van der Waals surface area contributed by atoms with Gasteiger partial charge in [0.1, 0.15) is 11.2 Å². The predicted octanol–water partition coefficient (Wildman–Crippen LogP) is 12.0. The van der Waals surface area contributed by atoms with Crippen LogP contribution in [0.15, 0.2) is 168 Å². The number of fused-ring (bicyclic) bond motifs is 8. The van der Waals surface area contributed by atoms with Crippen LogP contribution in [-0.4, -0.2) is 0 Å². The fraction of sp³-hybridized carbons (Fsp3) is 0. The monoisotopic (exact) mass is 561 g/mol. The smallest absolute Gasteiger partial charge is 0.143 e. The van der Waals surface area contributed by atoms with Crippen molar-refractivity contribution in [1.82, 2.24) is 0 Å². The molecule has 44 heavy (non-hydrogen) atoms. The molecule has 2 heteroatoms. The highest BCUT2D eigenvalue weighted by molar-refractivity contribution is 6.10. The summed E-state index contributed by atoms with van der Waals surface area (Å²) < 4.78 is 6.46. The molecule has 2 nitrogen and oxygen atoms in total. The van der Waals surface area contributed by atoms with Gasteiger partial charge in [0.05, 0.1) is 11.4 Å². The highest BCUT2D eigenvalue weighted by Gasteiger charge is 2.26. The molecule has 0 spiro atoms. The van der Waals surface area contributed by atoms with Crippen LogP contribution in [0.5, 0.6) is 0 Å². The lowest BCUT2D eigenvalue weighted by Gasteiger charge is -2.28. The molecular weight excluding hydrogens is 534 g/mol. The summed E-state index contributed by atoms with van der Waals surface area (Å²) in [6, 6.07) is 58.6. The molecule has 2 heterocycles. The first-order chi connectivity index (χ1) is 21.8. The Morgan fingerprint density at radius 1 is 0.364 bits per heavy atom. The molecule has 8 aromatic rings. The van der Waals surface area contributed by atoms with Crippen molar-refractivity contribution >= 4 is 39.0 Å². The number of benzene rings is 7. The van der Waals surface area contributed by atoms with E-state index >= 15 is 0 Å². The number of hydrogen-bond donors (Lipinski definition) is 0. The van der Waals surface area contributed by atoms with Crippen molar-refractivity contribution in [3.8, 4) is 44.5 Å². The molecule has 1 aliphatic heterocycles. The summed E-state index contributed by atoms with van der Waals surface area (Å²) in [4.78, 5) is 2.42. The zero-order chi connectivity index (χ0) is 29.0. The summed E-state index contributed by atoms with van der Waals surface area (Å²) in [5.41, 5.74) is 14.7. The van der Waals surface area contributed by atoms with E-state index in [0.29, 0.717) is 0 Å². The van der Waals surface area contributed by atoms with Crippen LogP contribution in [0.2, 0.25) is 0 Å². The normalized spacial score (nSPS) is 12.0. The molecular formula is C42H27NO. The second-order valence-corrected chi connectivity index (χ2v) is 11.3. The number of furan rings is 1. The van der Waals surface area contributed by atoms with Gasteiger partial charge in [-0.25, -0.2) is 0 Å². The number of anilines is 3. The van der Waals surface area contributed by atoms with E-state index < -0.39 is 0 Å². The summed E-state index contributed by atoms with van der Waals surface area (Å²) >= 11 is 0. The molecule has 0 atom stereocenters.